The zero-order valence-corrected chi connectivity index (χ0v) is 13.2. The smallest absolute Gasteiger partial charge is 0.331 e. The number of hydrogen-bond donors (Lipinski definition) is 0. The summed E-state index contributed by atoms with van der Waals surface area (Å²) in [6.45, 7) is -0.278. The molecule has 0 radical (unpaired) electrons. The second-order valence-corrected chi connectivity index (χ2v) is 5.59. The normalized spacial score (nSPS) is 10.7. The molecule has 3 aromatic rings. The van der Waals surface area contributed by atoms with Gasteiger partial charge in [-0.1, -0.05) is 35.3 Å². The Morgan fingerprint density at radius 1 is 1.17 bits per heavy atom. The monoisotopic (exact) mass is 348 g/mol. The Balaban J connectivity index is 1.84. The first-order chi connectivity index (χ1) is 11.0. The van der Waals surface area contributed by atoms with Crippen LogP contribution in [0, 0.1) is 0 Å². The summed E-state index contributed by atoms with van der Waals surface area (Å²) in [5.74, 6) is -0.501. The Kier molecular flexibility index (Phi) is 4.32. The molecule has 0 unspecified atom stereocenters. The molecule has 1 aromatic heterocycles. The van der Waals surface area contributed by atoms with Crippen molar-refractivity contribution in [1.82, 2.24) is 9.55 Å². The number of para-hydroxylation sites is 1. The summed E-state index contributed by atoms with van der Waals surface area (Å²) in [5, 5.41) is 1.08. The highest BCUT2D eigenvalue weighted by atomic mass is 35.5. The number of esters is 1. The first kappa shape index (κ1) is 15.5. The highest BCUT2D eigenvalue weighted by molar-refractivity contribution is 6.34. The van der Waals surface area contributed by atoms with Crippen molar-refractivity contribution in [2.45, 2.75) is 6.54 Å². The van der Waals surface area contributed by atoms with E-state index in [1.54, 1.807) is 30.3 Å². The fourth-order valence-electron chi connectivity index (χ4n) is 2.07. The third kappa shape index (κ3) is 3.36. The Morgan fingerprint density at radius 3 is 2.78 bits per heavy atom. The van der Waals surface area contributed by atoms with Crippen LogP contribution in [0.3, 0.4) is 0 Å². The number of aromatic nitrogens is 2. The molecule has 0 fully saturated rings. The van der Waals surface area contributed by atoms with Crippen LogP contribution in [-0.4, -0.2) is 15.5 Å². The number of nitrogens with zero attached hydrogens (tertiary/aromatic N) is 2. The fraction of sp³-hybridized carbons (Fsp3) is 0.0625. The standard InChI is InChI=1S/C16H10Cl2N2O3/c17-10-5-6-12(18)14(7-10)23-15(21)8-20-9-19-13-4-2-1-3-11(13)16(20)22/h1-7,9H,8H2. The molecule has 3 rings (SSSR count). The molecule has 23 heavy (non-hydrogen) atoms. The minimum Gasteiger partial charge on any atom is -0.424 e. The predicted molar refractivity (Wildman–Crippen MR) is 88.1 cm³/mol. The van der Waals surface area contributed by atoms with Gasteiger partial charge in [0.05, 0.1) is 22.3 Å². The zero-order chi connectivity index (χ0) is 16.4. The molecule has 7 heteroatoms. The van der Waals surface area contributed by atoms with E-state index in [0.29, 0.717) is 15.9 Å². The Hall–Kier alpha value is -2.37. The van der Waals surface area contributed by atoms with E-state index in [1.165, 1.54) is 23.0 Å². The molecule has 116 valence electrons. The van der Waals surface area contributed by atoms with Crippen LogP contribution in [0.2, 0.25) is 10.0 Å². The van der Waals surface area contributed by atoms with E-state index in [-0.39, 0.29) is 22.9 Å². The van der Waals surface area contributed by atoms with Crippen molar-refractivity contribution >= 4 is 40.1 Å². The summed E-state index contributed by atoms with van der Waals surface area (Å²) in [5.41, 5.74) is 0.254. The number of hydrogen-bond acceptors (Lipinski definition) is 4. The lowest BCUT2D eigenvalue weighted by molar-refractivity contribution is -0.135. The van der Waals surface area contributed by atoms with Gasteiger partial charge in [-0.15, -0.1) is 0 Å². The van der Waals surface area contributed by atoms with Gasteiger partial charge in [-0.2, -0.15) is 0 Å². The molecule has 0 amide bonds. The summed E-state index contributed by atoms with van der Waals surface area (Å²) in [6, 6.07) is 11.4. The van der Waals surface area contributed by atoms with Gasteiger partial charge in [0, 0.05) is 11.1 Å². The lowest BCUT2D eigenvalue weighted by Crippen LogP contribution is -2.26. The number of halogens is 2. The van der Waals surface area contributed by atoms with Crippen LogP contribution in [0.15, 0.2) is 53.6 Å². The van der Waals surface area contributed by atoms with Crippen molar-refractivity contribution in [3.05, 3.63) is 69.2 Å². The van der Waals surface area contributed by atoms with E-state index in [1.807, 2.05) is 0 Å². The van der Waals surface area contributed by atoms with Crippen molar-refractivity contribution in [3.63, 3.8) is 0 Å². The van der Waals surface area contributed by atoms with Crippen LogP contribution in [0.1, 0.15) is 0 Å². The number of ether oxygens (including phenoxy) is 1. The van der Waals surface area contributed by atoms with E-state index in [2.05, 4.69) is 4.98 Å². The highest BCUT2D eigenvalue weighted by Crippen LogP contribution is 2.27. The Labute approximate surface area is 141 Å². The summed E-state index contributed by atoms with van der Waals surface area (Å²) in [7, 11) is 0. The van der Waals surface area contributed by atoms with Crippen molar-refractivity contribution in [2.75, 3.05) is 0 Å². The van der Waals surface area contributed by atoms with Gasteiger partial charge in [-0.3, -0.25) is 9.36 Å². The van der Waals surface area contributed by atoms with Crippen molar-refractivity contribution < 1.29 is 9.53 Å². The van der Waals surface area contributed by atoms with E-state index < -0.39 is 5.97 Å². The average molecular weight is 349 g/mol. The molecule has 0 aliphatic heterocycles. The van der Waals surface area contributed by atoms with Crippen LogP contribution in [0.5, 0.6) is 5.75 Å². The van der Waals surface area contributed by atoms with E-state index in [4.69, 9.17) is 27.9 Å². The molecule has 0 saturated heterocycles. The summed E-state index contributed by atoms with van der Waals surface area (Å²) in [6.07, 6.45) is 1.31. The molecular weight excluding hydrogens is 339 g/mol. The molecule has 0 bridgehead atoms. The number of rotatable bonds is 3. The van der Waals surface area contributed by atoms with Gasteiger partial charge >= 0.3 is 5.97 Å². The lowest BCUT2D eigenvalue weighted by Gasteiger charge is -2.08. The van der Waals surface area contributed by atoms with Crippen molar-refractivity contribution in [3.8, 4) is 5.75 Å². The number of carbonyl (C=O) groups is 1. The van der Waals surface area contributed by atoms with E-state index >= 15 is 0 Å². The maximum Gasteiger partial charge on any atom is 0.331 e. The SMILES string of the molecule is O=C(Cn1cnc2ccccc2c1=O)Oc1cc(Cl)ccc1Cl. The van der Waals surface area contributed by atoms with Crippen molar-refractivity contribution in [1.29, 1.82) is 0 Å². The second-order valence-electron chi connectivity index (χ2n) is 4.74. The van der Waals surface area contributed by atoms with E-state index in [9.17, 15) is 9.59 Å². The van der Waals surface area contributed by atoms with Gasteiger partial charge in [-0.25, -0.2) is 9.78 Å². The van der Waals surface area contributed by atoms with Crippen LogP contribution < -0.4 is 10.3 Å². The molecule has 0 saturated carbocycles. The van der Waals surface area contributed by atoms with Crippen molar-refractivity contribution in [2.24, 2.45) is 0 Å². The van der Waals surface area contributed by atoms with Gasteiger partial charge in [-0.05, 0) is 24.3 Å². The summed E-state index contributed by atoms with van der Waals surface area (Å²) >= 11 is 11.8. The quantitative estimate of drug-likeness (QED) is 0.538. The third-order valence-electron chi connectivity index (χ3n) is 3.15. The molecule has 1 heterocycles. The lowest BCUT2D eigenvalue weighted by atomic mass is 10.2. The second kappa shape index (κ2) is 6.40. The number of fused-ring (bicyclic) bond motifs is 1. The first-order valence-electron chi connectivity index (χ1n) is 6.64. The first-order valence-corrected chi connectivity index (χ1v) is 7.40. The maximum absolute atomic E-state index is 12.3. The van der Waals surface area contributed by atoms with Gasteiger partial charge in [0.2, 0.25) is 0 Å². The molecule has 5 nitrogen and oxygen atoms in total. The minimum atomic E-state index is -0.645. The topological polar surface area (TPSA) is 61.2 Å². The highest BCUT2D eigenvalue weighted by Gasteiger charge is 2.12. The average Bonchev–Trinajstić information content (AvgIpc) is 2.54. The summed E-state index contributed by atoms with van der Waals surface area (Å²) < 4.78 is 6.34. The summed E-state index contributed by atoms with van der Waals surface area (Å²) in [4.78, 5) is 28.5. The molecular formula is C16H10Cl2N2O3. The maximum atomic E-state index is 12.3. The minimum absolute atomic E-state index is 0.144. The van der Waals surface area contributed by atoms with Gasteiger partial charge in [0.15, 0.2) is 5.75 Å². The fourth-order valence-corrected chi connectivity index (χ4v) is 2.39. The van der Waals surface area contributed by atoms with Crippen LogP contribution >= 0.6 is 23.2 Å². The van der Waals surface area contributed by atoms with Crippen LogP contribution in [-0.2, 0) is 11.3 Å². The molecule has 2 aromatic carbocycles. The largest absolute Gasteiger partial charge is 0.424 e. The molecule has 0 spiro atoms. The number of carbonyl (C=O) groups excluding carboxylic acids is 1. The van der Waals surface area contributed by atoms with E-state index in [0.717, 1.165) is 0 Å². The Morgan fingerprint density at radius 2 is 1.96 bits per heavy atom. The Bertz CT molecular complexity index is 953. The molecule has 0 N–H and O–H groups in total. The van der Waals surface area contributed by atoms with Crippen LogP contribution in [0.4, 0.5) is 0 Å². The zero-order valence-electron chi connectivity index (χ0n) is 11.7. The molecule has 0 aliphatic rings. The third-order valence-corrected chi connectivity index (χ3v) is 3.70. The predicted octanol–water partition coefficient (Wildman–Crippen LogP) is 3.31. The van der Waals surface area contributed by atoms with Gasteiger partial charge in [0.1, 0.15) is 6.54 Å². The number of benzene rings is 2. The van der Waals surface area contributed by atoms with Crippen LogP contribution in [0.25, 0.3) is 10.9 Å². The molecule has 0 atom stereocenters. The van der Waals surface area contributed by atoms with Gasteiger partial charge in [0.25, 0.3) is 5.56 Å². The molecule has 0 aliphatic carbocycles. The van der Waals surface area contributed by atoms with Gasteiger partial charge < -0.3 is 4.74 Å².